The summed E-state index contributed by atoms with van der Waals surface area (Å²) in [6.07, 6.45) is 0. The lowest BCUT2D eigenvalue weighted by Gasteiger charge is -2.18. The van der Waals surface area contributed by atoms with Crippen LogP contribution >= 0.6 is 16.1 Å². The third-order valence-corrected chi connectivity index (χ3v) is 6.49. The topological polar surface area (TPSA) is 102 Å². The minimum absolute atomic E-state index is 0.345. The van der Waals surface area contributed by atoms with Crippen LogP contribution in [0.25, 0.3) is 0 Å². The monoisotopic (exact) mass is 369 g/mol. The van der Waals surface area contributed by atoms with Gasteiger partial charge >= 0.3 is 5.97 Å². The van der Waals surface area contributed by atoms with Crippen molar-refractivity contribution >= 4 is 22.0 Å². The van der Waals surface area contributed by atoms with Gasteiger partial charge in [0.05, 0.1) is 6.54 Å². The quantitative estimate of drug-likeness (QED) is 0.655. The number of carbonyl (C=O) groups is 1. The molecule has 24 heavy (non-hydrogen) atoms. The van der Waals surface area contributed by atoms with Gasteiger partial charge in [0.1, 0.15) is 11.5 Å². The summed E-state index contributed by atoms with van der Waals surface area (Å²) >= 11 is 0. The van der Waals surface area contributed by atoms with Crippen LogP contribution in [0.15, 0.2) is 60.7 Å². The number of carboxylic acids is 1. The van der Waals surface area contributed by atoms with Crippen LogP contribution in [0, 0.1) is 0 Å². The second-order valence-corrected chi connectivity index (χ2v) is 8.09. The Balaban J connectivity index is 2.09. The lowest BCUT2D eigenvalue weighted by Crippen LogP contribution is -2.30. The minimum Gasteiger partial charge on any atom is -0.480 e. The Hall–Kier alpha value is -2.07. The normalized spacial score (nSPS) is 14.3. The number of rotatable bonds is 9. The molecule has 0 fully saturated rings. The van der Waals surface area contributed by atoms with Crippen LogP contribution in [0.4, 0.5) is 0 Å². The summed E-state index contributed by atoms with van der Waals surface area (Å²) in [6, 6.07) is 16.8. The van der Waals surface area contributed by atoms with Gasteiger partial charge in [0.25, 0.3) is 16.1 Å². The molecule has 0 aliphatic heterocycles. The Bertz CT molecular complexity index is 657. The number of para-hydroxylation sites is 2. The number of carboxylic acid groups (broad SMARTS) is 1. The van der Waals surface area contributed by atoms with Gasteiger partial charge < -0.3 is 14.2 Å². The molecular formula is C15H17NO6P2. The van der Waals surface area contributed by atoms with Gasteiger partial charge in [-0.2, -0.15) is 0 Å². The third-order valence-electron chi connectivity index (χ3n) is 2.85. The lowest BCUT2D eigenvalue weighted by atomic mass is 10.3. The smallest absolute Gasteiger partial charge is 0.317 e. The van der Waals surface area contributed by atoms with Crippen molar-refractivity contribution in [3.05, 3.63) is 60.7 Å². The molecule has 0 bridgehead atoms. The molecule has 2 unspecified atom stereocenters. The average molecular weight is 369 g/mol. The molecule has 128 valence electrons. The van der Waals surface area contributed by atoms with Crippen molar-refractivity contribution in [3.8, 4) is 11.5 Å². The molecule has 2 aromatic rings. The fraction of sp³-hybridized carbons (Fsp3) is 0.133. The van der Waals surface area contributed by atoms with Crippen molar-refractivity contribution in [2.45, 2.75) is 5.52 Å². The first-order chi connectivity index (χ1) is 11.6. The predicted octanol–water partition coefficient (Wildman–Crippen LogP) is 3.05. The van der Waals surface area contributed by atoms with Gasteiger partial charge in [-0.3, -0.25) is 19.2 Å². The van der Waals surface area contributed by atoms with Gasteiger partial charge in [-0.05, 0) is 24.3 Å². The van der Waals surface area contributed by atoms with E-state index < -0.39 is 34.1 Å². The highest BCUT2D eigenvalue weighted by molar-refractivity contribution is 7.59. The zero-order chi connectivity index (χ0) is 17.4. The number of hydrogen-bond acceptors (Lipinski definition) is 6. The van der Waals surface area contributed by atoms with E-state index >= 15 is 0 Å². The molecule has 0 aliphatic carbocycles. The summed E-state index contributed by atoms with van der Waals surface area (Å²) < 4.78 is 35.4. The molecule has 0 aromatic heterocycles. The van der Waals surface area contributed by atoms with Gasteiger partial charge in [-0.1, -0.05) is 36.4 Å². The third kappa shape index (κ3) is 5.85. The summed E-state index contributed by atoms with van der Waals surface area (Å²) in [4.78, 5) is 10.7. The predicted molar refractivity (Wildman–Crippen MR) is 91.6 cm³/mol. The van der Waals surface area contributed by atoms with E-state index in [0.29, 0.717) is 11.5 Å². The number of aliphatic carboxylic acids is 1. The molecule has 2 rings (SSSR count). The van der Waals surface area contributed by atoms with Crippen molar-refractivity contribution in [3.63, 3.8) is 0 Å². The fourth-order valence-electron chi connectivity index (χ4n) is 1.78. The fourth-order valence-corrected chi connectivity index (χ4v) is 4.41. The average Bonchev–Trinajstić information content (AvgIpc) is 2.56. The maximum absolute atomic E-state index is 12.4. The molecule has 0 spiro atoms. The summed E-state index contributed by atoms with van der Waals surface area (Å²) in [7, 11) is -5.82. The maximum atomic E-state index is 12.4. The molecule has 0 radical (unpaired) electrons. The Morgan fingerprint density at radius 1 is 0.917 bits per heavy atom. The standard InChI is InChI=1S/C15H17NO6P2/c17-14(18)11-16-15(23(19)21-12-7-3-1-4-8-12)24(20)22-13-9-5-2-6-10-13/h1-10,15-16,23-24H,11H2,(H,17,18). The Morgan fingerprint density at radius 2 is 1.33 bits per heavy atom. The van der Waals surface area contributed by atoms with Crippen molar-refractivity contribution in [2.24, 2.45) is 0 Å². The Kier molecular flexibility index (Phi) is 7.07. The van der Waals surface area contributed by atoms with Crippen LogP contribution in [0.5, 0.6) is 11.5 Å². The number of hydrogen-bond donors (Lipinski definition) is 2. The first-order valence-corrected chi connectivity index (χ1v) is 9.83. The Labute approximate surface area is 140 Å². The second-order valence-electron chi connectivity index (χ2n) is 4.68. The van der Waals surface area contributed by atoms with Crippen molar-refractivity contribution in [2.75, 3.05) is 6.54 Å². The van der Waals surface area contributed by atoms with Crippen LogP contribution < -0.4 is 14.4 Å². The van der Waals surface area contributed by atoms with E-state index in [1.807, 2.05) is 0 Å². The van der Waals surface area contributed by atoms with E-state index in [1.54, 1.807) is 60.7 Å². The van der Waals surface area contributed by atoms with E-state index in [1.165, 1.54) is 0 Å². The van der Waals surface area contributed by atoms with Crippen LogP contribution in [0.3, 0.4) is 0 Å². The summed E-state index contributed by atoms with van der Waals surface area (Å²) in [5.41, 5.74) is -1.20. The Morgan fingerprint density at radius 3 is 1.71 bits per heavy atom. The highest BCUT2D eigenvalue weighted by Gasteiger charge is 2.27. The van der Waals surface area contributed by atoms with Crippen LogP contribution in [-0.4, -0.2) is 23.1 Å². The lowest BCUT2D eigenvalue weighted by molar-refractivity contribution is -0.135. The van der Waals surface area contributed by atoms with Crippen molar-refractivity contribution < 1.29 is 28.1 Å². The van der Waals surface area contributed by atoms with Crippen LogP contribution in [0.1, 0.15) is 0 Å². The minimum atomic E-state index is -2.91. The highest BCUT2D eigenvalue weighted by atomic mass is 31.2. The van der Waals surface area contributed by atoms with Crippen molar-refractivity contribution in [1.82, 2.24) is 5.32 Å². The van der Waals surface area contributed by atoms with Gasteiger partial charge in [0.2, 0.25) is 0 Å². The molecule has 7 nitrogen and oxygen atoms in total. The van der Waals surface area contributed by atoms with Crippen LogP contribution in [0.2, 0.25) is 0 Å². The summed E-state index contributed by atoms with van der Waals surface area (Å²) in [6.45, 7) is -0.506. The SMILES string of the molecule is O=C(O)CNC([PH](=O)Oc1ccccc1)[PH](=O)Oc1ccccc1. The molecule has 0 saturated heterocycles. The number of nitrogens with one attached hydrogen (secondary N) is 1. The highest BCUT2D eigenvalue weighted by Crippen LogP contribution is 2.45. The van der Waals surface area contributed by atoms with E-state index in [2.05, 4.69) is 5.32 Å². The first kappa shape index (κ1) is 18.3. The first-order valence-electron chi connectivity index (χ1n) is 7.05. The molecule has 2 N–H and O–H groups in total. The van der Waals surface area contributed by atoms with E-state index in [9.17, 15) is 13.9 Å². The molecule has 9 heteroatoms. The van der Waals surface area contributed by atoms with E-state index in [4.69, 9.17) is 14.2 Å². The number of benzene rings is 2. The van der Waals surface area contributed by atoms with E-state index in [-0.39, 0.29) is 0 Å². The molecule has 0 heterocycles. The maximum Gasteiger partial charge on any atom is 0.317 e. The second kappa shape index (κ2) is 9.28. The van der Waals surface area contributed by atoms with Gasteiger partial charge in [-0.15, -0.1) is 0 Å². The largest absolute Gasteiger partial charge is 0.480 e. The molecular weight excluding hydrogens is 352 g/mol. The molecule has 0 amide bonds. The summed E-state index contributed by atoms with van der Waals surface area (Å²) in [5, 5.41) is 11.3. The van der Waals surface area contributed by atoms with E-state index in [0.717, 1.165) is 0 Å². The van der Waals surface area contributed by atoms with Gasteiger partial charge in [-0.25, -0.2) is 0 Å². The summed E-state index contributed by atoms with van der Waals surface area (Å²) in [5.74, 6) is -0.472. The molecule has 2 aromatic carbocycles. The van der Waals surface area contributed by atoms with Gasteiger partial charge in [0.15, 0.2) is 5.52 Å². The van der Waals surface area contributed by atoms with Crippen LogP contribution in [-0.2, 0) is 13.9 Å². The van der Waals surface area contributed by atoms with Crippen molar-refractivity contribution in [1.29, 1.82) is 0 Å². The zero-order valence-corrected chi connectivity index (χ0v) is 14.5. The molecule has 0 aliphatic rings. The molecule has 0 saturated carbocycles. The van der Waals surface area contributed by atoms with Gasteiger partial charge in [0, 0.05) is 0 Å². The zero-order valence-electron chi connectivity index (χ0n) is 12.5. The molecule has 2 atom stereocenters.